The summed E-state index contributed by atoms with van der Waals surface area (Å²) in [4.78, 5) is 21.1. The highest BCUT2D eigenvalue weighted by atomic mass is 32.1. The lowest BCUT2D eigenvalue weighted by atomic mass is 10.0. The van der Waals surface area contributed by atoms with Crippen LogP contribution in [0.15, 0.2) is 36.0 Å². The summed E-state index contributed by atoms with van der Waals surface area (Å²) in [5.41, 5.74) is 2.37. The minimum absolute atomic E-state index is 0.00797. The van der Waals surface area contributed by atoms with Gasteiger partial charge in [0.25, 0.3) is 5.91 Å². The van der Waals surface area contributed by atoms with Crippen LogP contribution in [0, 0.1) is 0 Å². The zero-order valence-corrected chi connectivity index (χ0v) is 18.3. The van der Waals surface area contributed by atoms with E-state index in [4.69, 9.17) is 0 Å². The summed E-state index contributed by atoms with van der Waals surface area (Å²) < 4.78 is 28.4. The van der Waals surface area contributed by atoms with Gasteiger partial charge in [-0.3, -0.25) is 4.79 Å². The summed E-state index contributed by atoms with van der Waals surface area (Å²) in [7, 11) is 0. The fourth-order valence-electron chi connectivity index (χ4n) is 2.71. The summed E-state index contributed by atoms with van der Waals surface area (Å²) >= 11 is 1.52. The second-order valence-corrected chi connectivity index (χ2v) is 8.65. The van der Waals surface area contributed by atoms with Gasteiger partial charge in [0, 0.05) is 24.5 Å². The van der Waals surface area contributed by atoms with Crippen LogP contribution < -0.4 is 16.0 Å². The van der Waals surface area contributed by atoms with Gasteiger partial charge in [0.2, 0.25) is 0 Å². The van der Waals surface area contributed by atoms with Crippen LogP contribution in [0.1, 0.15) is 31.1 Å². The summed E-state index contributed by atoms with van der Waals surface area (Å²) in [6, 6.07) is 7.27. The molecule has 10 heteroatoms. The van der Waals surface area contributed by atoms with Crippen molar-refractivity contribution in [2.24, 2.45) is 0 Å². The average molecular weight is 450 g/mol. The summed E-state index contributed by atoms with van der Waals surface area (Å²) in [5.74, 6) is -0.125. The van der Waals surface area contributed by atoms with Crippen LogP contribution in [0.25, 0.3) is 10.2 Å². The molecule has 0 fully saturated rings. The summed E-state index contributed by atoms with van der Waals surface area (Å²) in [6.45, 7) is 3.67. The highest BCUT2D eigenvalue weighted by molar-refractivity contribution is 7.16. The molecule has 0 saturated carbocycles. The molecule has 3 rings (SSSR count). The average Bonchev–Trinajstić information content (AvgIpc) is 3.17. The number of alkyl halides is 2. The summed E-state index contributed by atoms with van der Waals surface area (Å²) in [6.07, 6.45) is -1.44. The van der Waals surface area contributed by atoms with Crippen molar-refractivity contribution < 1.29 is 18.7 Å². The molecular weight excluding hydrogens is 424 g/mol. The second kappa shape index (κ2) is 9.52. The highest BCUT2D eigenvalue weighted by Crippen LogP contribution is 2.26. The number of nitrogens with one attached hydrogen (secondary N) is 3. The van der Waals surface area contributed by atoms with E-state index < -0.39 is 23.9 Å². The molecule has 2 aromatic heterocycles. The van der Waals surface area contributed by atoms with E-state index in [1.807, 2.05) is 18.2 Å². The quantitative estimate of drug-likeness (QED) is 0.394. The van der Waals surface area contributed by atoms with E-state index >= 15 is 0 Å². The molecule has 1 amide bonds. The van der Waals surface area contributed by atoms with Crippen molar-refractivity contribution in [2.45, 2.75) is 38.7 Å². The van der Waals surface area contributed by atoms with Crippen molar-refractivity contribution >= 4 is 44.7 Å². The molecule has 31 heavy (non-hydrogen) atoms. The lowest BCUT2D eigenvalue weighted by Crippen LogP contribution is -2.42. The molecule has 7 nitrogen and oxygen atoms in total. The van der Waals surface area contributed by atoms with Crippen molar-refractivity contribution in [2.75, 3.05) is 23.7 Å². The van der Waals surface area contributed by atoms with Gasteiger partial charge in [0.1, 0.15) is 18.2 Å². The Bertz CT molecular complexity index is 1050. The Labute approximate surface area is 182 Å². The molecular formula is C21H25F2N5O2S. The third-order valence-corrected chi connectivity index (χ3v) is 5.33. The number of rotatable bonds is 9. The number of amides is 1. The van der Waals surface area contributed by atoms with Crippen molar-refractivity contribution in [3.63, 3.8) is 0 Å². The number of carbonyl (C=O) groups excluding carboxylic acids is 1. The summed E-state index contributed by atoms with van der Waals surface area (Å²) in [5, 5.41) is 18.2. The molecule has 0 aliphatic heterocycles. The number of hydrogen-bond acceptors (Lipinski definition) is 7. The molecule has 0 aliphatic carbocycles. The third-order valence-electron chi connectivity index (χ3n) is 4.53. The predicted molar refractivity (Wildman–Crippen MR) is 120 cm³/mol. The van der Waals surface area contributed by atoms with Crippen LogP contribution in [0.5, 0.6) is 0 Å². The SMILES string of the molecule is CC(F)CNc1cc(Nc2ccc3ncsc3c2)ncc1C(=O)NCC(F)C(C)(C)O. The Hall–Kier alpha value is -2.85. The number of nitrogens with zero attached hydrogens (tertiary/aromatic N) is 2. The maximum absolute atomic E-state index is 14.0. The van der Waals surface area contributed by atoms with Crippen LogP contribution in [0.3, 0.4) is 0 Å². The van der Waals surface area contributed by atoms with Crippen molar-refractivity contribution in [1.29, 1.82) is 0 Å². The maximum Gasteiger partial charge on any atom is 0.255 e. The second-order valence-electron chi connectivity index (χ2n) is 7.77. The van der Waals surface area contributed by atoms with Gasteiger partial charge in [-0.1, -0.05) is 0 Å². The van der Waals surface area contributed by atoms with Gasteiger partial charge in [-0.05, 0) is 39.0 Å². The maximum atomic E-state index is 14.0. The topological polar surface area (TPSA) is 99.2 Å². The van der Waals surface area contributed by atoms with Crippen LogP contribution in [-0.2, 0) is 0 Å². The zero-order chi connectivity index (χ0) is 22.6. The zero-order valence-electron chi connectivity index (χ0n) is 17.4. The number of aromatic nitrogens is 2. The van der Waals surface area contributed by atoms with Gasteiger partial charge in [-0.25, -0.2) is 18.7 Å². The van der Waals surface area contributed by atoms with Gasteiger partial charge >= 0.3 is 0 Å². The molecule has 2 heterocycles. The molecule has 3 aromatic rings. The van der Waals surface area contributed by atoms with E-state index in [0.717, 1.165) is 15.9 Å². The van der Waals surface area contributed by atoms with Crippen molar-refractivity contribution in [3.8, 4) is 0 Å². The first-order chi connectivity index (χ1) is 14.6. The minimum Gasteiger partial charge on any atom is -0.387 e. The number of halogens is 2. The van der Waals surface area contributed by atoms with E-state index in [1.54, 1.807) is 11.6 Å². The number of benzene rings is 1. The molecule has 0 saturated heterocycles. The van der Waals surface area contributed by atoms with Gasteiger partial charge < -0.3 is 21.1 Å². The van der Waals surface area contributed by atoms with E-state index in [0.29, 0.717) is 11.5 Å². The number of hydrogen-bond donors (Lipinski definition) is 4. The van der Waals surface area contributed by atoms with E-state index in [-0.39, 0.29) is 18.7 Å². The Morgan fingerprint density at radius 1 is 1.23 bits per heavy atom. The van der Waals surface area contributed by atoms with Gasteiger partial charge in [-0.2, -0.15) is 0 Å². The van der Waals surface area contributed by atoms with Gasteiger partial charge in [0.05, 0.1) is 39.1 Å². The molecule has 0 bridgehead atoms. The standard InChI is InChI=1S/C21H25F2N5O2S/c1-12(22)8-24-16-7-19(28-13-4-5-15-17(6-13)31-11-27-15)25-9-14(16)20(29)26-10-18(23)21(2,3)30/h4-7,9,11-12,18,30H,8,10H2,1-3H3,(H,26,29)(H2,24,25,28). The molecule has 1 aromatic carbocycles. The number of anilines is 3. The monoisotopic (exact) mass is 449 g/mol. The molecule has 4 N–H and O–H groups in total. The Morgan fingerprint density at radius 2 is 2.00 bits per heavy atom. The van der Waals surface area contributed by atoms with Crippen LogP contribution in [-0.4, -0.2) is 52.0 Å². The van der Waals surface area contributed by atoms with E-state index in [1.165, 1.54) is 38.3 Å². The Balaban J connectivity index is 1.79. The van der Waals surface area contributed by atoms with Crippen LogP contribution >= 0.6 is 11.3 Å². The number of thiazole rings is 1. The fourth-order valence-corrected chi connectivity index (χ4v) is 3.43. The van der Waals surface area contributed by atoms with Crippen molar-refractivity contribution in [1.82, 2.24) is 15.3 Å². The smallest absolute Gasteiger partial charge is 0.255 e. The molecule has 0 radical (unpaired) electrons. The number of carbonyl (C=O) groups is 1. The first-order valence-corrected chi connectivity index (χ1v) is 10.6. The number of pyridine rings is 1. The minimum atomic E-state index is -1.64. The Morgan fingerprint density at radius 3 is 2.71 bits per heavy atom. The molecule has 0 spiro atoms. The van der Waals surface area contributed by atoms with E-state index in [2.05, 4.69) is 25.9 Å². The lowest BCUT2D eigenvalue weighted by Gasteiger charge is -2.22. The highest BCUT2D eigenvalue weighted by Gasteiger charge is 2.27. The molecule has 2 atom stereocenters. The lowest BCUT2D eigenvalue weighted by molar-refractivity contribution is -0.00177. The molecule has 2 unspecified atom stereocenters. The number of fused-ring (bicyclic) bond motifs is 1. The predicted octanol–water partition coefficient (Wildman–Crippen LogP) is 4.04. The van der Waals surface area contributed by atoms with Gasteiger partial charge in [-0.15, -0.1) is 11.3 Å². The molecule has 166 valence electrons. The largest absolute Gasteiger partial charge is 0.387 e. The van der Waals surface area contributed by atoms with Gasteiger partial charge in [0.15, 0.2) is 0 Å². The first-order valence-electron chi connectivity index (χ1n) is 9.76. The van der Waals surface area contributed by atoms with Crippen LogP contribution in [0.4, 0.5) is 26.0 Å². The number of aliphatic hydroxyl groups is 1. The normalized spacial score (nSPS) is 13.6. The fraction of sp³-hybridized carbons (Fsp3) is 0.381. The third kappa shape index (κ3) is 6.08. The van der Waals surface area contributed by atoms with E-state index in [9.17, 15) is 18.7 Å². The molecule has 0 aliphatic rings. The Kier molecular flexibility index (Phi) is 7.01. The van der Waals surface area contributed by atoms with Crippen LogP contribution in [0.2, 0.25) is 0 Å². The van der Waals surface area contributed by atoms with Crippen molar-refractivity contribution in [3.05, 3.63) is 41.5 Å². The first kappa shape index (κ1) is 22.8.